The maximum Gasteiger partial charge on any atom is 0.238 e. The molecule has 2 rings (SSSR count). The Labute approximate surface area is 158 Å². The summed E-state index contributed by atoms with van der Waals surface area (Å²) in [6.45, 7) is 6.51. The maximum atomic E-state index is 12.3. The molecule has 0 saturated heterocycles. The molecule has 4 nitrogen and oxygen atoms in total. The van der Waals surface area contributed by atoms with Crippen LogP contribution in [0.3, 0.4) is 0 Å². The standard InChI is InChI=1S/C20H25BrN2O2/c1-13(2)16-7-5-6-8-18(16)23-20(24)12-22-14(3)15-9-10-19(25-4)17(21)11-15/h5-11,13-14,22H,12H2,1-4H3,(H,23,24). The lowest BCUT2D eigenvalue weighted by Crippen LogP contribution is -2.30. The first-order chi connectivity index (χ1) is 11.9. The Morgan fingerprint density at radius 1 is 1.16 bits per heavy atom. The Bertz CT molecular complexity index is 731. The van der Waals surface area contributed by atoms with Crippen LogP contribution >= 0.6 is 15.9 Å². The third-order valence-corrected chi connectivity index (χ3v) is 4.72. The molecule has 2 aromatic carbocycles. The van der Waals surface area contributed by atoms with Crippen LogP contribution in [0.1, 0.15) is 43.9 Å². The molecule has 0 aliphatic heterocycles. The molecule has 0 spiro atoms. The molecular formula is C20H25BrN2O2. The maximum absolute atomic E-state index is 12.3. The summed E-state index contributed by atoms with van der Waals surface area (Å²) in [4.78, 5) is 12.3. The van der Waals surface area contributed by atoms with E-state index >= 15 is 0 Å². The molecular weight excluding hydrogens is 380 g/mol. The second-order valence-corrected chi connectivity index (χ2v) is 7.14. The molecule has 5 heteroatoms. The van der Waals surface area contributed by atoms with Gasteiger partial charge in [0.25, 0.3) is 0 Å². The van der Waals surface area contributed by atoms with Gasteiger partial charge >= 0.3 is 0 Å². The summed E-state index contributed by atoms with van der Waals surface area (Å²) in [5.41, 5.74) is 3.11. The number of carbonyl (C=O) groups excluding carboxylic acids is 1. The molecule has 1 atom stereocenters. The van der Waals surface area contributed by atoms with Gasteiger partial charge < -0.3 is 15.4 Å². The minimum Gasteiger partial charge on any atom is -0.496 e. The van der Waals surface area contributed by atoms with Gasteiger partial charge in [-0.2, -0.15) is 0 Å². The average Bonchev–Trinajstić information content (AvgIpc) is 2.59. The van der Waals surface area contributed by atoms with Gasteiger partial charge in [0.05, 0.1) is 18.1 Å². The van der Waals surface area contributed by atoms with Crippen LogP contribution in [0.4, 0.5) is 5.69 Å². The first-order valence-corrected chi connectivity index (χ1v) is 9.17. The third-order valence-electron chi connectivity index (χ3n) is 4.10. The molecule has 0 aromatic heterocycles. The molecule has 0 heterocycles. The number of hydrogen-bond donors (Lipinski definition) is 2. The van der Waals surface area contributed by atoms with Crippen LogP contribution in [-0.2, 0) is 4.79 Å². The molecule has 1 amide bonds. The Hall–Kier alpha value is -1.85. The van der Waals surface area contributed by atoms with Crippen molar-refractivity contribution in [2.45, 2.75) is 32.7 Å². The SMILES string of the molecule is COc1ccc(C(C)NCC(=O)Nc2ccccc2C(C)C)cc1Br. The van der Waals surface area contributed by atoms with Crippen molar-refractivity contribution in [1.82, 2.24) is 5.32 Å². The predicted molar refractivity (Wildman–Crippen MR) is 106 cm³/mol. The van der Waals surface area contributed by atoms with Gasteiger partial charge in [-0.05, 0) is 58.1 Å². The zero-order valence-electron chi connectivity index (χ0n) is 15.1. The van der Waals surface area contributed by atoms with Crippen molar-refractivity contribution < 1.29 is 9.53 Å². The largest absolute Gasteiger partial charge is 0.496 e. The minimum atomic E-state index is -0.0486. The predicted octanol–water partition coefficient (Wildman–Crippen LogP) is 4.87. The molecule has 0 radical (unpaired) electrons. The van der Waals surface area contributed by atoms with Gasteiger partial charge in [0.15, 0.2) is 0 Å². The van der Waals surface area contributed by atoms with Crippen molar-refractivity contribution in [2.75, 3.05) is 19.0 Å². The summed E-state index contributed by atoms with van der Waals surface area (Å²) in [6.07, 6.45) is 0. The van der Waals surface area contributed by atoms with E-state index in [1.165, 1.54) is 0 Å². The van der Waals surface area contributed by atoms with Crippen LogP contribution < -0.4 is 15.4 Å². The van der Waals surface area contributed by atoms with Crippen LogP contribution in [0.15, 0.2) is 46.9 Å². The van der Waals surface area contributed by atoms with E-state index in [2.05, 4.69) is 40.4 Å². The van der Waals surface area contributed by atoms with Crippen molar-refractivity contribution >= 4 is 27.5 Å². The highest BCUT2D eigenvalue weighted by atomic mass is 79.9. The Kier molecular flexibility index (Phi) is 7.02. The van der Waals surface area contributed by atoms with E-state index < -0.39 is 0 Å². The molecule has 2 aromatic rings. The lowest BCUT2D eigenvalue weighted by atomic mass is 10.0. The van der Waals surface area contributed by atoms with Gasteiger partial charge in [-0.25, -0.2) is 0 Å². The van der Waals surface area contributed by atoms with Crippen LogP contribution in [0.25, 0.3) is 0 Å². The Morgan fingerprint density at radius 3 is 2.52 bits per heavy atom. The summed E-state index contributed by atoms with van der Waals surface area (Å²) in [6, 6.07) is 13.9. The van der Waals surface area contributed by atoms with Crippen LogP contribution in [0, 0.1) is 0 Å². The van der Waals surface area contributed by atoms with Gasteiger partial charge in [-0.15, -0.1) is 0 Å². The fourth-order valence-electron chi connectivity index (χ4n) is 2.62. The Balaban J connectivity index is 1.95. The van der Waals surface area contributed by atoms with E-state index in [1.807, 2.05) is 49.4 Å². The average molecular weight is 405 g/mol. The van der Waals surface area contributed by atoms with Gasteiger partial charge in [-0.1, -0.05) is 38.1 Å². The zero-order valence-corrected chi connectivity index (χ0v) is 16.7. The third kappa shape index (κ3) is 5.31. The highest BCUT2D eigenvalue weighted by Crippen LogP contribution is 2.28. The molecule has 0 bridgehead atoms. The summed E-state index contributed by atoms with van der Waals surface area (Å²) < 4.78 is 6.14. The van der Waals surface area contributed by atoms with E-state index in [1.54, 1.807) is 7.11 Å². The first kappa shape index (κ1) is 19.5. The Morgan fingerprint density at radius 2 is 1.88 bits per heavy atom. The number of ether oxygens (including phenoxy) is 1. The van der Waals surface area contributed by atoms with Crippen molar-refractivity contribution in [3.63, 3.8) is 0 Å². The van der Waals surface area contributed by atoms with E-state index in [0.717, 1.165) is 27.0 Å². The molecule has 1 unspecified atom stereocenters. The van der Waals surface area contributed by atoms with Crippen molar-refractivity contribution in [3.05, 3.63) is 58.1 Å². The van der Waals surface area contributed by atoms with Crippen LogP contribution in [0.5, 0.6) is 5.75 Å². The molecule has 0 saturated carbocycles. The summed E-state index contributed by atoms with van der Waals surface area (Å²) >= 11 is 3.49. The van der Waals surface area contributed by atoms with Gasteiger partial charge in [-0.3, -0.25) is 4.79 Å². The second-order valence-electron chi connectivity index (χ2n) is 6.29. The van der Waals surface area contributed by atoms with E-state index in [0.29, 0.717) is 5.92 Å². The second kappa shape index (κ2) is 9.02. The van der Waals surface area contributed by atoms with Crippen LogP contribution in [-0.4, -0.2) is 19.6 Å². The molecule has 0 aliphatic carbocycles. The van der Waals surface area contributed by atoms with Crippen molar-refractivity contribution in [2.24, 2.45) is 0 Å². The van der Waals surface area contributed by atoms with E-state index in [-0.39, 0.29) is 18.5 Å². The molecule has 134 valence electrons. The van der Waals surface area contributed by atoms with E-state index in [9.17, 15) is 4.79 Å². The number of carbonyl (C=O) groups is 1. The molecule has 25 heavy (non-hydrogen) atoms. The fourth-order valence-corrected chi connectivity index (χ4v) is 3.18. The first-order valence-electron chi connectivity index (χ1n) is 8.38. The summed E-state index contributed by atoms with van der Waals surface area (Å²) in [5.74, 6) is 1.10. The molecule has 0 aliphatic rings. The number of hydrogen-bond acceptors (Lipinski definition) is 3. The number of nitrogens with one attached hydrogen (secondary N) is 2. The zero-order chi connectivity index (χ0) is 18.4. The molecule has 2 N–H and O–H groups in total. The van der Waals surface area contributed by atoms with Gasteiger partial charge in [0.1, 0.15) is 5.75 Å². The highest BCUT2D eigenvalue weighted by Gasteiger charge is 2.12. The number of anilines is 1. The monoisotopic (exact) mass is 404 g/mol. The normalized spacial score (nSPS) is 12.1. The van der Waals surface area contributed by atoms with Gasteiger partial charge in [0, 0.05) is 11.7 Å². The molecule has 0 fully saturated rings. The minimum absolute atomic E-state index is 0.0486. The number of para-hydroxylation sites is 1. The van der Waals surface area contributed by atoms with Crippen molar-refractivity contribution in [3.8, 4) is 5.75 Å². The summed E-state index contributed by atoms with van der Waals surface area (Å²) in [5, 5.41) is 6.26. The highest BCUT2D eigenvalue weighted by molar-refractivity contribution is 9.10. The lowest BCUT2D eigenvalue weighted by molar-refractivity contribution is -0.115. The lowest BCUT2D eigenvalue weighted by Gasteiger charge is -2.17. The van der Waals surface area contributed by atoms with E-state index in [4.69, 9.17) is 4.74 Å². The number of rotatable bonds is 7. The summed E-state index contributed by atoms with van der Waals surface area (Å²) in [7, 11) is 1.64. The number of halogens is 1. The smallest absolute Gasteiger partial charge is 0.238 e. The fraction of sp³-hybridized carbons (Fsp3) is 0.350. The number of amides is 1. The topological polar surface area (TPSA) is 50.4 Å². The van der Waals surface area contributed by atoms with Crippen LogP contribution in [0.2, 0.25) is 0 Å². The van der Waals surface area contributed by atoms with Gasteiger partial charge in [0.2, 0.25) is 5.91 Å². The number of methoxy groups -OCH3 is 1. The van der Waals surface area contributed by atoms with Crippen molar-refractivity contribution in [1.29, 1.82) is 0 Å². The number of benzene rings is 2. The quantitative estimate of drug-likeness (QED) is 0.691.